The van der Waals surface area contributed by atoms with Gasteiger partial charge in [-0.15, -0.1) is 0 Å². The SMILES string of the molecule is N[C@H](Cc1cc(Br)c(O)c(Br)c1)C(=O)N(C(=O)N1CCC(n2c(=O)[nH]c3ncccc32)CC1)[C@@H](CC1CCNCC1)C(=O)N1CCN(c2ccncc2)CC1. The Labute approximate surface area is 335 Å². The number of pyridine rings is 2. The normalized spacial score (nSPS) is 18.3. The van der Waals surface area contributed by atoms with Gasteiger partial charge in [-0.1, -0.05) is 0 Å². The largest absolute Gasteiger partial charge is 0.506 e. The summed E-state index contributed by atoms with van der Waals surface area (Å²) in [7, 11) is 0. The van der Waals surface area contributed by atoms with Crippen molar-refractivity contribution in [2.75, 3.05) is 57.3 Å². The average molecular weight is 883 g/mol. The molecule has 5 N–H and O–H groups in total. The van der Waals surface area contributed by atoms with Crippen LogP contribution in [-0.4, -0.2) is 122 Å². The van der Waals surface area contributed by atoms with Gasteiger partial charge in [0.1, 0.15) is 11.8 Å². The lowest BCUT2D eigenvalue weighted by Crippen LogP contribution is -2.63. The van der Waals surface area contributed by atoms with Crippen LogP contribution in [0.1, 0.15) is 43.7 Å². The van der Waals surface area contributed by atoms with Crippen molar-refractivity contribution in [1.82, 2.24) is 39.5 Å². The molecule has 3 aromatic heterocycles. The number of imidazole rings is 1. The Bertz CT molecular complexity index is 2030. The number of hydrogen-bond donors (Lipinski definition) is 4. The number of imide groups is 1. The van der Waals surface area contributed by atoms with Crippen LogP contribution >= 0.6 is 31.9 Å². The van der Waals surface area contributed by atoms with Crippen LogP contribution in [-0.2, 0) is 16.0 Å². The number of hydrogen-bond acceptors (Lipinski definition) is 10. The van der Waals surface area contributed by atoms with Gasteiger partial charge < -0.3 is 30.9 Å². The van der Waals surface area contributed by atoms with Crippen molar-refractivity contribution in [2.24, 2.45) is 11.7 Å². The van der Waals surface area contributed by atoms with Crippen molar-refractivity contribution in [3.05, 3.63) is 80.0 Å². The first kappa shape index (κ1) is 38.9. The maximum absolute atomic E-state index is 14.9. The Kier molecular flexibility index (Phi) is 12.2. The lowest BCUT2D eigenvalue weighted by Gasteiger charge is -2.42. The van der Waals surface area contributed by atoms with Crippen molar-refractivity contribution in [1.29, 1.82) is 0 Å². The maximum atomic E-state index is 14.9. The third kappa shape index (κ3) is 8.59. The molecule has 0 saturated carbocycles. The van der Waals surface area contributed by atoms with Crippen LogP contribution < -0.4 is 21.6 Å². The molecule has 0 aliphatic carbocycles. The molecule has 1 aromatic carbocycles. The van der Waals surface area contributed by atoms with Gasteiger partial charge >= 0.3 is 11.7 Å². The first-order valence-corrected chi connectivity index (χ1v) is 20.4. The number of likely N-dealkylation sites (tertiary alicyclic amines) is 1. The summed E-state index contributed by atoms with van der Waals surface area (Å²) in [6, 6.07) is 7.94. The number of carbonyl (C=O) groups excluding carboxylic acids is 3. The Morgan fingerprint density at radius 2 is 1.60 bits per heavy atom. The highest BCUT2D eigenvalue weighted by Gasteiger charge is 2.43. The molecule has 2 atom stereocenters. The van der Waals surface area contributed by atoms with E-state index in [-0.39, 0.29) is 48.8 Å². The van der Waals surface area contributed by atoms with Gasteiger partial charge in [0.05, 0.1) is 20.5 Å². The van der Waals surface area contributed by atoms with Gasteiger partial charge in [-0.3, -0.25) is 29.0 Å². The molecule has 3 fully saturated rings. The number of aromatic hydroxyl groups is 1. The number of urea groups is 1. The second-order valence-corrected chi connectivity index (χ2v) is 16.3. The third-order valence-electron chi connectivity index (χ3n) is 11.1. The van der Waals surface area contributed by atoms with E-state index >= 15 is 0 Å². The van der Waals surface area contributed by atoms with E-state index < -0.39 is 24.0 Å². The number of phenolic OH excluding ortho intramolecular Hbond substituents is 1. The molecular formula is C38H46Br2N10O5. The molecule has 55 heavy (non-hydrogen) atoms. The predicted molar refractivity (Wildman–Crippen MR) is 215 cm³/mol. The van der Waals surface area contributed by atoms with Gasteiger partial charge in [0.2, 0.25) is 11.8 Å². The molecule has 7 rings (SSSR count). The molecule has 15 nitrogen and oxygen atoms in total. The van der Waals surface area contributed by atoms with Crippen LogP contribution in [0.5, 0.6) is 5.75 Å². The number of piperidine rings is 2. The highest BCUT2D eigenvalue weighted by molar-refractivity contribution is 9.11. The first-order valence-electron chi connectivity index (χ1n) is 18.8. The number of halogens is 2. The lowest BCUT2D eigenvalue weighted by molar-refractivity contribution is -0.145. The summed E-state index contributed by atoms with van der Waals surface area (Å²) in [5.74, 6) is -0.754. The Morgan fingerprint density at radius 1 is 0.927 bits per heavy atom. The molecule has 0 radical (unpaired) electrons. The van der Waals surface area contributed by atoms with Gasteiger partial charge in [0, 0.05) is 69.6 Å². The van der Waals surface area contributed by atoms with E-state index in [2.05, 4.69) is 57.0 Å². The summed E-state index contributed by atoms with van der Waals surface area (Å²) < 4.78 is 2.57. The summed E-state index contributed by atoms with van der Waals surface area (Å²) >= 11 is 6.72. The molecule has 3 aliphatic heterocycles. The number of phenols is 1. The second-order valence-electron chi connectivity index (χ2n) is 14.6. The number of carbonyl (C=O) groups is 3. The molecule has 3 saturated heterocycles. The monoisotopic (exact) mass is 880 g/mol. The fraction of sp³-hybridized carbons (Fsp3) is 0.474. The Morgan fingerprint density at radius 3 is 2.27 bits per heavy atom. The molecule has 0 unspecified atom stereocenters. The number of aromatic nitrogens is 4. The summed E-state index contributed by atoms with van der Waals surface area (Å²) in [5, 5.41) is 13.7. The summed E-state index contributed by atoms with van der Waals surface area (Å²) in [6.45, 7) is 4.19. The minimum atomic E-state index is -1.16. The van der Waals surface area contributed by atoms with Crippen LogP contribution in [0.25, 0.3) is 11.2 Å². The molecule has 0 spiro atoms. The van der Waals surface area contributed by atoms with Gasteiger partial charge in [0.15, 0.2) is 5.65 Å². The Hall–Kier alpha value is -4.32. The maximum Gasteiger partial charge on any atom is 0.327 e. The average Bonchev–Trinajstić information content (AvgIpc) is 3.55. The van der Waals surface area contributed by atoms with Gasteiger partial charge in [-0.05, 0) is 131 Å². The van der Waals surface area contributed by atoms with E-state index in [4.69, 9.17) is 5.73 Å². The predicted octanol–water partition coefficient (Wildman–Crippen LogP) is 3.61. The van der Waals surface area contributed by atoms with E-state index in [1.54, 1.807) is 51.2 Å². The highest BCUT2D eigenvalue weighted by Crippen LogP contribution is 2.34. The molecule has 292 valence electrons. The Balaban J connectivity index is 1.17. The molecule has 6 heterocycles. The van der Waals surface area contributed by atoms with Crippen molar-refractivity contribution in [2.45, 2.75) is 56.7 Å². The standard InChI is InChI=1S/C38H46Br2N10O5/c39-28-20-25(21-29(40)33(28)51)22-30(41)35(52)50(38(55)48-14-7-27(8-15-48)49-31-2-1-9-44-34(31)45-37(49)54)32(23-24-3-10-42-11-4-24)36(53)47-18-16-46(17-19-47)26-5-12-43-13-6-26/h1-2,5-6,9,12-13,20-21,24,27,30,32,42,51H,3-4,7-8,10-11,14-19,22-23,41H2,(H,44,45,54)/t30-,32+/m1/s1. The van der Waals surface area contributed by atoms with Crippen LogP contribution in [0, 0.1) is 5.92 Å². The van der Waals surface area contributed by atoms with Crippen molar-refractivity contribution in [3.8, 4) is 5.75 Å². The number of rotatable bonds is 9. The van der Waals surface area contributed by atoms with E-state index in [1.165, 1.54) is 0 Å². The van der Waals surface area contributed by atoms with Crippen LogP contribution in [0.2, 0.25) is 0 Å². The number of benzene rings is 1. The minimum Gasteiger partial charge on any atom is -0.506 e. The van der Waals surface area contributed by atoms with Crippen LogP contribution in [0.15, 0.2) is 68.7 Å². The highest BCUT2D eigenvalue weighted by atomic mass is 79.9. The summed E-state index contributed by atoms with van der Waals surface area (Å²) in [5.41, 5.74) is 9.33. The summed E-state index contributed by atoms with van der Waals surface area (Å²) in [4.78, 5) is 75.4. The number of nitrogens with two attached hydrogens (primary N) is 1. The van der Waals surface area contributed by atoms with Crippen molar-refractivity contribution >= 4 is 66.6 Å². The molecule has 4 amide bonds. The number of amides is 4. The number of anilines is 1. The zero-order valence-electron chi connectivity index (χ0n) is 30.4. The number of piperazine rings is 1. The number of aromatic amines is 1. The molecule has 4 aromatic rings. The topological polar surface area (TPSA) is 186 Å². The minimum absolute atomic E-state index is 0.0201. The first-order chi connectivity index (χ1) is 26.6. The van der Waals surface area contributed by atoms with Crippen LogP contribution in [0.4, 0.5) is 10.5 Å². The third-order valence-corrected chi connectivity index (χ3v) is 12.3. The number of nitrogens with one attached hydrogen (secondary N) is 2. The van der Waals surface area contributed by atoms with E-state index in [0.717, 1.165) is 36.5 Å². The molecular weight excluding hydrogens is 836 g/mol. The van der Waals surface area contributed by atoms with E-state index in [1.807, 2.05) is 18.2 Å². The number of fused-ring (bicyclic) bond motifs is 1. The zero-order valence-corrected chi connectivity index (χ0v) is 33.6. The lowest BCUT2D eigenvalue weighted by atomic mass is 9.89. The van der Waals surface area contributed by atoms with Gasteiger partial charge in [0.25, 0.3) is 0 Å². The van der Waals surface area contributed by atoms with Crippen LogP contribution in [0.3, 0.4) is 0 Å². The number of nitrogens with zero attached hydrogens (tertiary/aromatic N) is 7. The number of H-pyrrole nitrogens is 1. The quantitative estimate of drug-likeness (QED) is 0.194. The van der Waals surface area contributed by atoms with E-state index in [9.17, 15) is 24.3 Å². The smallest absolute Gasteiger partial charge is 0.327 e. The van der Waals surface area contributed by atoms with Crippen molar-refractivity contribution in [3.63, 3.8) is 0 Å². The van der Waals surface area contributed by atoms with Crippen molar-refractivity contribution < 1.29 is 19.5 Å². The fourth-order valence-electron chi connectivity index (χ4n) is 8.13. The zero-order chi connectivity index (χ0) is 38.6. The second kappa shape index (κ2) is 17.2. The molecule has 3 aliphatic rings. The fourth-order valence-corrected chi connectivity index (χ4v) is 9.41. The van der Waals surface area contributed by atoms with Gasteiger partial charge in [-0.25, -0.2) is 14.6 Å². The summed E-state index contributed by atoms with van der Waals surface area (Å²) in [6.07, 6.45) is 8.10. The van der Waals surface area contributed by atoms with Gasteiger partial charge in [-0.2, -0.15) is 0 Å². The van der Waals surface area contributed by atoms with E-state index in [0.29, 0.717) is 71.1 Å². The molecule has 0 bridgehead atoms. The molecule has 17 heteroatoms.